The summed E-state index contributed by atoms with van der Waals surface area (Å²) in [5.74, 6) is 0.862. The summed E-state index contributed by atoms with van der Waals surface area (Å²) in [6.07, 6.45) is 3.46. The van der Waals surface area contributed by atoms with E-state index in [0.717, 1.165) is 10.2 Å². The largest absolute Gasteiger partial charge is 0.496 e. The molecule has 8 heteroatoms. The predicted octanol–water partition coefficient (Wildman–Crippen LogP) is 1.04. The predicted molar refractivity (Wildman–Crippen MR) is 95.0 cm³/mol. The molecule has 0 bridgehead atoms. The van der Waals surface area contributed by atoms with Crippen LogP contribution in [0.5, 0.6) is 5.75 Å². The first kappa shape index (κ1) is 17.4. The molecule has 1 amide bonds. The van der Waals surface area contributed by atoms with Crippen molar-refractivity contribution < 1.29 is 9.53 Å². The molecule has 2 aromatic heterocycles. The molecule has 0 saturated carbocycles. The number of methoxy groups -OCH3 is 1. The van der Waals surface area contributed by atoms with Gasteiger partial charge in [-0.2, -0.15) is 5.10 Å². The van der Waals surface area contributed by atoms with Gasteiger partial charge in [0, 0.05) is 38.1 Å². The van der Waals surface area contributed by atoms with E-state index in [-0.39, 0.29) is 11.3 Å². The molecule has 1 unspecified atom stereocenters. The van der Waals surface area contributed by atoms with Crippen LogP contribution in [0.2, 0.25) is 0 Å². The maximum atomic E-state index is 12.7. The second kappa shape index (κ2) is 7.22. The highest BCUT2D eigenvalue weighted by molar-refractivity contribution is 5.92. The average molecular weight is 353 g/mol. The van der Waals surface area contributed by atoms with Gasteiger partial charge in [0.15, 0.2) is 0 Å². The summed E-state index contributed by atoms with van der Waals surface area (Å²) in [5, 5.41) is 6.93. The van der Waals surface area contributed by atoms with Crippen LogP contribution in [-0.2, 0) is 14.1 Å². The van der Waals surface area contributed by atoms with Gasteiger partial charge in [0.05, 0.1) is 7.11 Å². The molecule has 26 heavy (non-hydrogen) atoms. The van der Waals surface area contributed by atoms with E-state index in [2.05, 4.69) is 15.4 Å². The Hall–Kier alpha value is -3.42. The first-order chi connectivity index (χ1) is 12.5. The standard InChI is InChI=1S/C18H19N5O3/c1-22-11-10-19-17(22)16(12-6-4-5-7-14(12)26-3)20-18(25)13-8-9-15(24)23(2)21-13/h4-11,16H,1-3H3,(H,20,25). The van der Waals surface area contributed by atoms with Crippen molar-refractivity contribution in [2.75, 3.05) is 7.11 Å². The summed E-state index contributed by atoms with van der Waals surface area (Å²) in [6.45, 7) is 0. The molecular weight excluding hydrogens is 334 g/mol. The number of aryl methyl sites for hydroxylation is 2. The topological polar surface area (TPSA) is 91.0 Å². The lowest BCUT2D eigenvalue weighted by atomic mass is 10.0. The van der Waals surface area contributed by atoms with Gasteiger partial charge < -0.3 is 14.6 Å². The van der Waals surface area contributed by atoms with E-state index >= 15 is 0 Å². The van der Waals surface area contributed by atoms with E-state index < -0.39 is 11.9 Å². The third-order valence-corrected chi connectivity index (χ3v) is 4.04. The van der Waals surface area contributed by atoms with Gasteiger partial charge in [-0.1, -0.05) is 18.2 Å². The van der Waals surface area contributed by atoms with Crippen molar-refractivity contribution >= 4 is 5.91 Å². The number of aromatic nitrogens is 4. The molecule has 0 aliphatic rings. The Morgan fingerprint density at radius 2 is 1.96 bits per heavy atom. The van der Waals surface area contributed by atoms with Gasteiger partial charge in [0.2, 0.25) is 0 Å². The summed E-state index contributed by atoms with van der Waals surface area (Å²) in [5.41, 5.74) is 0.621. The number of hydrogen-bond acceptors (Lipinski definition) is 5. The molecule has 0 radical (unpaired) electrons. The fourth-order valence-electron chi connectivity index (χ4n) is 2.67. The normalized spacial score (nSPS) is 11.8. The van der Waals surface area contributed by atoms with Gasteiger partial charge >= 0.3 is 0 Å². The molecule has 1 atom stereocenters. The SMILES string of the molecule is COc1ccccc1C(NC(=O)c1ccc(=O)n(C)n1)c1nccn1C. The quantitative estimate of drug-likeness (QED) is 0.740. The van der Waals surface area contributed by atoms with Crippen LogP contribution in [0.4, 0.5) is 0 Å². The minimum atomic E-state index is -0.544. The number of para-hydroxylation sites is 1. The zero-order chi connectivity index (χ0) is 18.7. The highest BCUT2D eigenvalue weighted by Gasteiger charge is 2.25. The Morgan fingerprint density at radius 1 is 1.19 bits per heavy atom. The van der Waals surface area contributed by atoms with Crippen molar-refractivity contribution in [3.8, 4) is 5.75 Å². The third kappa shape index (κ3) is 3.34. The number of imidazole rings is 1. The fraction of sp³-hybridized carbons (Fsp3) is 0.222. The smallest absolute Gasteiger partial charge is 0.272 e. The molecule has 0 aliphatic carbocycles. The van der Waals surface area contributed by atoms with Crippen molar-refractivity contribution in [1.82, 2.24) is 24.6 Å². The number of rotatable bonds is 5. The van der Waals surface area contributed by atoms with Crippen LogP contribution >= 0.6 is 0 Å². The van der Waals surface area contributed by atoms with Gasteiger partial charge in [-0.25, -0.2) is 9.67 Å². The average Bonchev–Trinajstić information content (AvgIpc) is 3.07. The van der Waals surface area contributed by atoms with Gasteiger partial charge in [-0.3, -0.25) is 9.59 Å². The molecule has 0 saturated heterocycles. The molecular formula is C18H19N5O3. The minimum Gasteiger partial charge on any atom is -0.496 e. The zero-order valence-electron chi connectivity index (χ0n) is 14.7. The lowest BCUT2D eigenvalue weighted by molar-refractivity contribution is 0.0933. The molecule has 3 rings (SSSR count). The van der Waals surface area contributed by atoms with E-state index in [4.69, 9.17) is 4.74 Å². The van der Waals surface area contributed by atoms with E-state index in [9.17, 15) is 9.59 Å². The summed E-state index contributed by atoms with van der Waals surface area (Å²) >= 11 is 0. The van der Waals surface area contributed by atoms with E-state index in [1.165, 1.54) is 19.2 Å². The van der Waals surface area contributed by atoms with Crippen molar-refractivity contribution in [3.63, 3.8) is 0 Å². The number of benzene rings is 1. The number of ether oxygens (including phenoxy) is 1. The van der Waals surface area contributed by atoms with E-state index in [0.29, 0.717) is 11.6 Å². The number of hydrogen-bond donors (Lipinski definition) is 1. The zero-order valence-corrected chi connectivity index (χ0v) is 14.7. The number of nitrogens with one attached hydrogen (secondary N) is 1. The number of nitrogens with zero attached hydrogens (tertiary/aromatic N) is 4. The Morgan fingerprint density at radius 3 is 2.62 bits per heavy atom. The highest BCUT2D eigenvalue weighted by Crippen LogP contribution is 2.29. The van der Waals surface area contributed by atoms with E-state index in [1.807, 2.05) is 35.9 Å². The van der Waals surface area contributed by atoms with Crippen molar-refractivity contribution in [1.29, 1.82) is 0 Å². The van der Waals surface area contributed by atoms with Crippen LogP contribution in [0, 0.1) is 0 Å². The Balaban J connectivity index is 2.01. The lowest BCUT2D eigenvalue weighted by Crippen LogP contribution is -2.33. The molecule has 0 spiro atoms. The summed E-state index contributed by atoms with van der Waals surface area (Å²) < 4.78 is 8.38. The van der Waals surface area contributed by atoms with Crippen LogP contribution < -0.4 is 15.6 Å². The van der Waals surface area contributed by atoms with Gasteiger partial charge in [-0.15, -0.1) is 0 Å². The monoisotopic (exact) mass is 353 g/mol. The van der Waals surface area contributed by atoms with Gasteiger partial charge in [-0.05, 0) is 12.1 Å². The lowest BCUT2D eigenvalue weighted by Gasteiger charge is -2.21. The number of carbonyl (C=O) groups excluding carboxylic acids is 1. The van der Waals surface area contributed by atoms with Crippen LogP contribution in [-0.4, -0.2) is 32.3 Å². The van der Waals surface area contributed by atoms with Crippen molar-refractivity contribution in [2.45, 2.75) is 6.04 Å². The van der Waals surface area contributed by atoms with Gasteiger partial charge in [0.1, 0.15) is 23.3 Å². The van der Waals surface area contributed by atoms with Crippen LogP contribution in [0.25, 0.3) is 0 Å². The first-order valence-corrected chi connectivity index (χ1v) is 7.96. The van der Waals surface area contributed by atoms with Crippen LogP contribution in [0.1, 0.15) is 27.9 Å². The Labute approximate surface area is 150 Å². The molecule has 0 fully saturated rings. The molecule has 8 nitrogen and oxygen atoms in total. The minimum absolute atomic E-state index is 0.140. The number of carbonyl (C=O) groups is 1. The Bertz CT molecular complexity index is 992. The van der Waals surface area contributed by atoms with E-state index in [1.54, 1.807) is 19.5 Å². The first-order valence-electron chi connectivity index (χ1n) is 7.96. The third-order valence-electron chi connectivity index (χ3n) is 4.04. The summed E-state index contributed by atoms with van der Waals surface area (Å²) in [4.78, 5) is 28.6. The second-order valence-corrected chi connectivity index (χ2v) is 5.73. The van der Waals surface area contributed by atoms with Crippen LogP contribution in [0.3, 0.4) is 0 Å². The maximum absolute atomic E-state index is 12.7. The molecule has 2 heterocycles. The summed E-state index contributed by atoms with van der Waals surface area (Å²) in [6, 6.07) is 9.57. The molecule has 1 N–H and O–H groups in total. The molecule has 3 aromatic rings. The molecule has 1 aromatic carbocycles. The second-order valence-electron chi connectivity index (χ2n) is 5.73. The van der Waals surface area contributed by atoms with Crippen molar-refractivity contribution in [2.24, 2.45) is 14.1 Å². The van der Waals surface area contributed by atoms with Gasteiger partial charge in [0.25, 0.3) is 11.5 Å². The fourth-order valence-corrected chi connectivity index (χ4v) is 2.67. The maximum Gasteiger partial charge on any atom is 0.272 e. The molecule has 0 aliphatic heterocycles. The molecule has 134 valence electrons. The summed E-state index contributed by atoms with van der Waals surface area (Å²) in [7, 11) is 4.92. The van der Waals surface area contributed by atoms with Crippen molar-refractivity contribution in [3.05, 3.63) is 76.2 Å². The Kier molecular flexibility index (Phi) is 4.83. The highest BCUT2D eigenvalue weighted by atomic mass is 16.5. The number of amides is 1. The van der Waals surface area contributed by atoms with Crippen LogP contribution in [0.15, 0.2) is 53.6 Å².